The standard InChI is InChI=1S/C12H9ClN4S/c13-10-3-1-8(2-4-10)7-18-12-16-6-9(5-14)11(15)17-12/h1-4,6H,7H2,(H2,15,16,17). The Morgan fingerprint density at radius 3 is 2.67 bits per heavy atom. The molecule has 0 bridgehead atoms. The van der Waals surface area contributed by atoms with Gasteiger partial charge >= 0.3 is 0 Å². The summed E-state index contributed by atoms with van der Waals surface area (Å²) < 4.78 is 0. The number of nitriles is 1. The van der Waals surface area contributed by atoms with Crippen LogP contribution in [0.2, 0.25) is 5.02 Å². The van der Waals surface area contributed by atoms with Crippen LogP contribution < -0.4 is 5.73 Å². The fraction of sp³-hybridized carbons (Fsp3) is 0.0833. The Hall–Kier alpha value is -1.77. The van der Waals surface area contributed by atoms with Gasteiger partial charge in [-0.1, -0.05) is 35.5 Å². The second-order valence-corrected chi connectivity index (χ2v) is 4.86. The van der Waals surface area contributed by atoms with E-state index in [2.05, 4.69) is 9.97 Å². The van der Waals surface area contributed by atoms with E-state index in [1.807, 2.05) is 30.3 Å². The molecule has 0 aliphatic carbocycles. The normalized spacial score (nSPS) is 10.0. The molecule has 0 atom stereocenters. The molecule has 0 spiro atoms. The second-order valence-electron chi connectivity index (χ2n) is 3.48. The van der Waals surface area contributed by atoms with Gasteiger partial charge in [0.25, 0.3) is 0 Å². The van der Waals surface area contributed by atoms with Gasteiger partial charge in [0.15, 0.2) is 5.16 Å². The van der Waals surface area contributed by atoms with E-state index >= 15 is 0 Å². The molecule has 2 rings (SSSR count). The summed E-state index contributed by atoms with van der Waals surface area (Å²) in [6.45, 7) is 0. The van der Waals surface area contributed by atoms with E-state index < -0.39 is 0 Å². The smallest absolute Gasteiger partial charge is 0.189 e. The summed E-state index contributed by atoms with van der Waals surface area (Å²) >= 11 is 7.26. The first-order chi connectivity index (χ1) is 8.69. The van der Waals surface area contributed by atoms with Gasteiger partial charge in [-0.3, -0.25) is 0 Å². The van der Waals surface area contributed by atoms with Crippen molar-refractivity contribution in [1.82, 2.24) is 9.97 Å². The number of nitrogens with two attached hydrogens (primary N) is 1. The van der Waals surface area contributed by atoms with Gasteiger partial charge in [0.2, 0.25) is 0 Å². The molecule has 4 nitrogen and oxygen atoms in total. The Morgan fingerprint density at radius 1 is 1.33 bits per heavy atom. The van der Waals surface area contributed by atoms with Crippen LogP contribution in [0.5, 0.6) is 0 Å². The number of rotatable bonds is 3. The van der Waals surface area contributed by atoms with Gasteiger partial charge in [-0.05, 0) is 17.7 Å². The molecule has 1 aromatic heterocycles. The van der Waals surface area contributed by atoms with Crippen molar-refractivity contribution in [3.8, 4) is 6.07 Å². The average Bonchev–Trinajstić information content (AvgIpc) is 2.38. The number of hydrogen-bond acceptors (Lipinski definition) is 5. The van der Waals surface area contributed by atoms with Crippen LogP contribution in [0, 0.1) is 11.3 Å². The third-order valence-corrected chi connectivity index (χ3v) is 3.38. The maximum atomic E-state index is 8.71. The topological polar surface area (TPSA) is 75.6 Å². The molecule has 1 aromatic carbocycles. The third kappa shape index (κ3) is 3.13. The zero-order chi connectivity index (χ0) is 13.0. The van der Waals surface area contributed by atoms with E-state index in [0.717, 1.165) is 11.3 Å². The summed E-state index contributed by atoms with van der Waals surface area (Å²) in [4.78, 5) is 8.12. The van der Waals surface area contributed by atoms with E-state index in [0.29, 0.717) is 15.7 Å². The molecule has 0 aliphatic heterocycles. The Kier molecular flexibility index (Phi) is 4.03. The summed E-state index contributed by atoms with van der Waals surface area (Å²) in [6, 6.07) is 9.50. The minimum Gasteiger partial charge on any atom is -0.382 e. The highest BCUT2D eigenvalue weighted by atomic mass is 35.5. The number of anilines is 1. The fourth-order valence-electron chi connectivity index (χ4n) is 1.26. The largest absolute Gasteiger partial charge is 0.382 e. The molecule has 2 aromatic rings. The fourth-order valence-corrected chi connectivity index (χ4v) is 2.17. The quantitative estimate of drug-likeness (QED) is 0.689. The maximum Gasteiger partial charge on any atom is 0.189 e. The summed E-state index contributed by atoms with van der Waals surface area (Å²) in [5.41, 5.74) is 7.03. The highest BCUT2D eigenvalue weighted by Crippen LogP contribution is 2.21. The second kappa shape index (κ2) is 5.71. The predicted molar refractivity (Wildman–Crippen MR) is 72.2 cm³/mol. The first-order valence-electron chi connectivity index (χ1n) is 5.09. The van der Waals surface area contributed by atoms with Crippen LogP contribution in [-0.2, 0) is 5.75 Å². The van der Waals surface area contributed by atoms with E-state index in [4.69, 9.17) is 22.6 Å². The summed E-state index contributed by atoms with van der Waals surface area (Å²) in [7, 11) is 0. The zero-order valence-electron chi connectivity index (χ0n) is 9.30. The monoisotopic (exact) mass is 276 g/mol. The van der Waals surface area contributed by atoms with Crippen LogP contribution in [-0.4, -0.2) is 9.97 Å². The van der Waals surface area contributed by atoms with Gasteiger partial charge in [-0.15, -0.1) is 0 Å². The first-order valence-corrected chi connectivity index (χ1v) is 6.45. The number of aromatic nitrogens is 2. The van der Waals surface area contributed by atoms with Gasteiger partial charge in [0.1, 0.15) is 17.5 Å². The van der Waals surface area contributed by atoms with Crippen molar-refractivity contribution >= 4 is 29.2 Å². The van der Waals surface area contributed by atoms with Crippen LogP contribution in [0.4, 0.5) is 5.82 Å². The molecule has 90 valence electrons. The molecule has 6 heteroatoms. The lowest BCUT2D eigenvalue weighted by Gasteiger charge is -2.02. The van der Waals surface area contributed by atoms with Crippen molar-refractivity contribution in [2.24, 2.45) is 0 Å². The molecule has 0 amide bonds. The van der Waals surface area contributed by atoms with Crippen molar-refractivity contribution in [1.29, 1.82) is 5.26 Å². The molecular weight excluding hydrogens is 268 g/mol. The molecular formula is C12H9ClN4S. The minimum absolute atomic E-state index is 0.214. The molecule has 0 unspecified atom stereocenters. The number of benzene rings is 1. The summed E-state index contributed by atoms with van der Waals surface area (Å²) in [5.74, 6) is 0.939. The van der Waals surface area contributed by atoms with Crippen molar-refractivity contribution < 1.29 is 0 Å². The highest BCUT2D eigenvalue weighted by Gasteiger charge is 2.04. The molecule has 0 aliphatic rings. The number of halogens is 1. The third-order valence-electron chi connectivity index (χ3n) is 2.20. The summed E-state index contributed by atoms with van der Waals surface area (Å²) in [5, 5.41) is 9.98. The molecule has 1 heterocycles. The molecule has 2 N–H and O–H groups in total. The van der Waals surface area contributed by atoms with Gasteiger partial charge in [-0.2, -0.15) is 5.26 Å². The zero-order valence-corrected chi connectivity index (χ0v) is 10.9. The maximum absolute atomic E-state index is 8.71. The molecule has 0 fully saturated rings. The van der Waals surface area contributed by atoms with Gasteiger partial charge in [0, 0.05) is 10.8 Å². The summed E-state index contributed by atoms with van der Waals surface area (Å²) in [6.07, 6.45) is 1.44. The first kappa shape index (κ1) is 12.7. The Bertz CT molecular complexity index is 592. The lowest BCUT2D eigenvalue weighted by atomic mass is 10.2. The minimum atomic E-state index is 0.214. The van der Waals surface area contributed by atoms with Gasteiger partial charge in [-0.25, -0.2) is 9.97 Å². The van der Waals surface area contributed by atoms with E-state index in [1.54, 1.807) is 0 Å². The van der Waals surface area contributed by atoms with Gasteiger partial charge in [0.05, 0.1) is 6.20 Å². The Balaban J connectivity index is 2.04. The molecule has 0 saturated carbocycles. The molecule has 0 saturated heterocycles. The van der Waals surface area contributed by atoms with Gasteiger partial charge < -0.3 is 5.73 Å². The lowest BCUT2D eigenvalue weighted by molar-refractivity contribution is 0.969. The van der Waals surface area contributed by atoms with E-state index in [1.165, 1.54) is 18.0 Å². The van der Waals surface area contributed by atoms with Crippen LogP contribution in [0.3, 0.4) is 0 Å². The Morgan fingerprint density at radius 2 is 2.06 bits per heavy atom. The molecule has 0 radical (unpaired) electrons. The van der Waals surface area contributed by atoms with Crippen molar-refractivity contribution in [2.45, 2.75) is 10.9 Å². The predicted octanol–water partition coefficient (Wildman–Crippen LogP) is 2.88. The van der Waals surface area contributed by atoms with Crippen LogP contribution >= 0.6 is 23.4 Å². The lowest BCUT2D eigenvalue weighted by Crippen LogP contribution is -1.98. The van der Waals surface area contributed by atoms with Crippen LogP contribution in [0.15, 0.2) is 35.6 Å². The highest BCUT2D eigenvalue weighted by molar-refractivity contribution is 7.98. The van der Waals surface area contributed by atoms with Crippen molar-refractivity contribution in [3.05, 3.63) is 46.6 Å². The number of hydrogen-bond donors (Lipinski definition) is 1. The molecule has 18 heavy (non-hydrogen) atoms. The SMILES string of the molecule is N#Cc1cnc(SCc2ccc(Cl)cc2)nc1N. The van der Waals surface area contributed by atoms with Crippen molar-refractivity contribution in [2.75, 3.05) is 5.73 Å². The Labute approximate surface area is 114 Å². The number of nitrogens with zero attached hydrogens (tertiary/aromatic N) is 3. The van der Waals surface area contributed by atoms with Crippen molar-refractivity contribution in [3.63, 3.8) is 0 Å². The van der Waals surface area contributed by atoms with Crippen LogP contribution in [0.1, 0.15) is 11.1 Å². The average molecular weight is 277 g/mol. The number of nitrogen functional groups attached to an aromatic ring is 1. The van der Waals surface area contributed by atoms with E-state index in [9.17, 15) is 0 Å². The number of thioether (sulfide) groups is 1. The van der Waals surface area contributed by atoms with E-state index in [-0.39, 0.29) is 5.82 Å². The van der Waals surface area contributed by atoms with Crippen LogP contribution in [0.25, 0.3) is 0 Å².